The molecule has 3 rings (SSSR count). The highest BCUT2D eigenvalue weighted by molar-refractivity contribution is 6.01. The summed E-state index contributed by atoms with van der Waals surface area (Å²) in [6.45, 7) is 6.59. The number of aromatic nitrogens is 4. The number of hydrogen-bond acceptors (Lipinski definition) is 4. The molecule has 126 valence electrons. The number of rotatable bonds is 6. The largest absolute Gasteiger partial charge is 0.384 e. The minimum absolute atomic E-state index is 0.0215. The third kappa shape index (κ3) is 2.85. The zero-order valence-electron chi connectivity index (χ0n) is 14.5. The van der Waals surface area contributed by atoms with Crippen molar-refractivity contribution in [1.82, 2.24) is 18.9 Å². The summed E-state index contributed by atoms with van der Waals surface area (Å²) in [6.07, 6.45) is 4.22. The molecular weight excluding hydrogens is 304 g/mol. The normalized spacial score (nSPS) is 11.5. The molecule has 0 unspecified atom stereocenters. The first kappa shape index (κ1) is 16.4. The molecule has 0 aliphatic rings. The van der Waals surface area contributed by atoms with Crippen LogP contribution >= 0.6 is 0 Å². The number of hydrogen-bond donors (Lipinski definition) is 0. The van der Waals surface area contributed by atoms with Gasteiger partial charge in [0.1, 0.15) is 17.2 Å². The number of methoxy groups -OCH3 is 1. The monoisotopic (exact) mass is 326 g/mol. The third-order valence-electron chi connectivity index (χ3n) is 4.05. The van der Waals surface area contributed by atoms with Crippen LogP contribution in [0.25, 0.3) is 17.0 Å². The van der Waals surface area contributed by atoms with E-state index in [1.165, 1.54) is 0 Å². The van der Waals surface area contributed by atoms with Gasteiger partial charge >= 0.3 is 0 Å². The number of imidazole rings is 2. The Morgan fingerprint density at radius 3 is 2.75 bits per heavy atom. The van der Waals surface area contributed by atoms with Crippen LogP contribution in [0.2, 0.25) is 0 Å². The highest BCUT2D eigenvalue weighted by Crippen LogP contribution is 2.24. The van der Waals surface area contributed by atoms with E-state index in [0.29, 0.717) is 30.6 Å². The summed E-state index contributed by atoms with van der Waals surface area (Å²) in [4.78, 5) is 21.7. The van der Waals surface area contributed by atoms with E-state index < -0.39 is 0 Å². The van der Waals surface area contributed by atoms with Gasteiger partial charge in [0.2, 0.25) is 0 Å². The molecule has 6 heteroatoms. The molecule has 0 saturated heterocycles. The first-order valence-corrected chi connectivity index (χ1v) is 8.08. The van der Waals surface area contributed by atoms with Crippen LogP contribution < -0.4 is 0 Å². The lowest BCUT2D eigenvalue weighted by atomic mass is 10.2. The van der Waals surface area contributed by atoms with Gasteiger partial charge in [-0.3, -0.25) is 9.20 Å². The van der Waals surface area contributed by atoms with E-state index in [2.05, 4.69) is 28.4 Å². The molecule has 0 bridgehead atoms. The van der Waals surface area contributed by atoms with Gasteiger partial charge in [0.25, 0.3) is 0 Å². The number of fused-ring (bicyclic) bond motifs is 1. The van der Waals surface area contributed by atoms with E-state index in [0.717, 1.165) is 17.0 Å². The first-order valence-electron chi connectivity index (χ1n) is 8.08. The van der Waals surface area contributed by atoms with E-state index in [1.54, 1.807) is 7.11 Å². The maximum absolute atomic E-state index is 12.5. The number of aryl methyl sites for hydroxylation is 1. The number of Topliss-reactive ketones (excluding diaryl/α,β-unsaturated/α-hetero) is 1. The summed E-state index contributed by atoms with van der Waals surface area (Å²) >= 11 is 0. The molecule has 3 aromatic heterocycles. The average Bonchev–Trinajstić information content (AvgIpc) is 3.13. The molecule has 0 saturated carbocycles. The SMILES string of the molecule is COCCC(=O)c1nc(-c2cn(C(C)C)c(C)n2)n2ccccc12. The van der Waals surface area contributed by atoms with Crippen molar-refractivity contribution >= 4 is 11.3 Å². The Bertz CT molecular complexity index is 876. The van der Waals surface area contributed by atoms with E-state index in [1.807, 2.05) is 41.9 Å². The molecule has 0 N–H and O–H groups in total. The molecule has 3 aromatic rings. The Balaban J connectivity index is 2.12. The Labute approximate surface area is 141 Å². The molecule has 0 spiro atoms. The number of ketones is 1. The zero-order valence-corrected chi connectivity index (χ0v) is 14.5. The molecule has 0 fully saturated rings. The number of nitrogens with zero attached hydrogens (tertiary/aromatic N) is 4. The quantitative estimate of drug-likeness (QED) is 0.652. The fourth-order valence-corrected chi connectivity index (χ4v) is 2.85. The molecule has 0 aliphatic heterocycles. The van der Waals surface area contributed by atoms with Gasteiger partial charge in [0.15, 0.2) is 11.6 Å². The van der Waals surface area contributed by atoms with Gasteiger partial charge in [0.05, 0.1) is 12.1 Å². The van der Waals surface area contributed by atoms with Gasteiger partial charge in [-0.2, -0.15) is 0 Å². The smallest absolute Gasteiger partial charge is 0.185 e. The summed E-state index contributed by atoms with van der Waals surface area (Å²) in [5.74, 6) is 1.60. The van der Waals surface area contributed by atoms with Gasteiger partial charge in [0, 0.05) is 32.0 Å². The van der Waals surface area contributed by atoms with Crippen molar-refractivity contribution in [2.24, 2.45) is 0 Å². The van der Waals surface area contributed by atoms with Crippen LogP contribution in [0.3, 0.4) is 0 Å². The van der Waals surface area contributed by atoms with Crippen LogP contribution in [0.4, 0.5) is 0 Å². The molecule has 0 amide bonds. The van der Waals surface area contributed by atoms with Gasteiger partial charge < -0.3 is 9.30 Å². The minimum Gasteiger partial charge on any atom is -0.384 e. The van der Waals surface area contributed by atoms with E-state index in [9.17, 15) is 4.79 Å². The van der Waals surface area contributed by atoms with Crippen molar-refractivity contribution in [1.29, 1.82) is 0 Å². The van der Waals surface area contributed by atoms with Gasteiger partial charge in [-0.25, -0.2) is 9.97 Å². The fourth-order valence-electron chi connectivity index (χ4n) is 2.85. The van der Waals surface area contributed by atoms with E-state index in [4.69, 9.17) is 4.74 Å². The molecule has 0 atom stereocenters. The number of ether oxygens (including phenoxy) is 1. The maximum Gasteiger partial charge on any atom is 0.185 e. The fraction of sp³-hybridized carbons (Fsp3) is 0.389. The molecule has 0 aromatic carbocycles. The van der Waals surface area contributed by atoms with Crippen molar-refractivity contribution in [3.8, 4) is 11.5 Å². The standard InChI is InChI=1S/C18H22N4O2/c1-12(2)22-11-14(19-13(22)3)18-20-17(16(23)8-10-24-4)15-7-5-6-9-21(15)18/h5-7,9,11-12H,8,10H2,1-4H3. The Morgan fingerprint density at radius 2 is 2.08 bits per heavy atom. The second-order valence-electron chi connectivity index (χ2n) is 6.08. The van der Waals surface area contributed by atoms with Crippen molar-refractivity contribution < 1.29 is 9.53 Å². The molecule has 0 radical (unpaired) electrons. The van der Waals surface area contributed by atoms with Crippen molar-refractivity contribution in [3.05, 3.63) is 42.1 Å². The minimum atomic E-state index is -0.0215. The second kappa shape index (κ2) is 6.57. The maximum atomic E-state index is 12.5. The van der Waals surface area contributed by atoms with Crippen LogP contribution in [0.5, 0.6) is 0 Å². The highest BCUT2D eigenvalue weighted by atomic mass is 16.5. The van der Waals surface area contributed by atoms with Crippen LogP contribution in [0.1, 0.15) is 42.6 Å². The van der Waals surface area contributed by atoms with Gasteiger partial charge in [-0.05, 0) is 32.9 Å². The lowest BCUT2D eigenvalue weighted by molar-refractivity contribution is 0.0929. The van der Waals surface area contributed by atoms with Crippen LogP contribution in [0, 0.1) is 6.92 Å². The van der Waals surface area contributed by atoms with E-state index >= 15 is 0 Å². The summed E-state index contributed by atoms with van der Waals surface area (Å²) < 4.78 is 9.04. The predicted octanol–water partition coefficient (Wildman–Crippen LogP) is 3.31. The number of carbonyl (C=O) groups excluding carboxylic acids is 1. The summed E-state index contributed by atoms with van der Waals surface area (Å²) in [6, 6.07) is 6.06. The number of pyridine rings is 1. The van der Waals surface area contributed by atoms with Crippen molar-refractivity contribution in [2.75, 3.05) is 13.7 Å². The van der Waals surface area contributed by atoms with Crippen molar-refractivity contribution in [2.45, 2.75) is 33.2 Å². The molecule has 3 heterocycles. The van der Waals surface area contributed by atoms with Gasteiger partial charge in [-0.1, -0.05) is 6.07 Å². The molecule has 0 aliphatic carbocycles. The molecule has 6 nitrogen and oxygen atoms in total. The molecular formula is C18H22N4O2. The number of carbonyl (C=O) groups is 1. The topological polar surface area (TPSA) is 61.4 Å². The first-order chi connectivity index (χ1) is 11.5. The zero-order chi connectivity index (χ0) is 17.3. The predicted molar refractivity (Wildman–Crippen MR) is 92.4 cm³/mol. The summed E-state index contributed by atoms with van der Waals surface area (Å²) in [5, 5.41) is 0. The third-order valence-corrected chi connectivity index (χ3v) is 4.05. The summed E-state index contributed by atoms with van der Waals surface area (Å²) in [5.41, 5.74) is 2.04. The Kier molecular flexibility index (Phi) is 4.49. The summed E-state index contributed by atoms with van der Waals surface area (Å²) in [7, 11) is 1.59. The Morgan fingerprint density at radius 1 is 1.29 bits per heavy atom. The van der Waals surface area contributed by atoms with Crippen LogP contribution in [-0.2, 0) is 4.74 Å². The lowest BCUT2D eigenvalue weighted by Crippen LogP contribution is -2.04. The average molecular weight is 326 g/mol. The van der Waals surface area contributed by atoms with E-state index in [-0.39, 0.29) is 5.78 Å². The van der Waals surface area contributed by atoms with Gasteiger partial charge in [-0.15, -0.1) is 0 Å². The van der Waals surface area contributed by atoms with Crippen LogP contribution in [0.15, 0.2) is 30.6 Å². The van der Waals surface area contributed by atoms with Crippen molar-refractivity contribution in [3.63, 3.8) is 0 Å². The highest BCUT2D eigenvalue weighted by Gasteiger charge is 2.20. The van der Waals surface area contributed by atoms with Crippen LogP contribution in [-0.4, -0.2) is 38.4 Å². The lowest BCUT2D eigenvalue weighted by Gasteiger charge is -2.07. The Hall–Kier alpha value is -2.47. The second-order valence-corrected chi connectivity index (χ2v) is 6.08. The molecule has 24 heavy (non-hydrogen) atoms.